The van der Waals surface area contributed by atoms with Crippen LogP contribution in [0.4, 0.5) is 0 Å². The zero-order valence-electron chi connectivity index (χ0n) is 12.8. The minimum atomic E-state index is -0.401. The van der Waals surface area contributed by atoms with Gasteiger partial charge in [0.25, 0.3) is 0 Å². The van der Waals surface area contributed by atoms with Gasteiger partial charge in [0.15, 0.2) is 0 Å². The van der Waals surface area contributed by atoms with Crippen molar-refractivity contribution in [2.45, 2.75) is 60.9 Å². The normalized spacial score (nSPS) is 13.9. The fourth-order valence-corrected chi connectivity index (χ4v) is 1.18. The van der Waals surface area contributed by atoms with Crippen LogP contribution in [0.2, 0.25) is 0 Å². The molecule has 0 aromatic carbocycles. The molecule has 0 aliphatic carbocycles. The summed E-state index contributed by atoms with van der Waals surface area (Å²) in [5.41, 5.74) is -0.798. The van der Waals surface area contributed by atoms with Gasteiger partial charge in [0.2, 0.25) is 11.8 Å². The van der Waals surface area contributed by atoms with Crippen LogP contribution in [0.25, 0.3) is 0 Å². The van der Waals surface area contributed by atoms with E-state index in [0.29, 0.717) is 6.54 Å². The van der Waals surface area contributed by atoms with E-state index in [-0.39, 0.29) is 17.9 Å². The Hall–Kier alpha value is -1.06. The second-order valence-electron chi connectivity index (χ2n) is 6.79. The van der Waals surface area contributed by atoms with Crippen molar-refractivity contribution in [2.75, 3.05) is 6.54 Å². The maximum absolute atomic E-state index is 11.9. The lowest BCUT2D eigenvalue weighted by molar-refractivity contribution is -0.131. The van der Waals surface area contributed by atoms with E-state index in [1.165, 1.54) is 0 Å². The predicted molar refractivity (Wildman–Crippen MR) is 74.1 cm³/mol. The molecule has 0 aliphatic rings. The molecule has 18 heavy (non-hydrogen) atoms. The van der Waals surface area contributed by atoms with Crippen LogP contribution >= 0.6 is 0 Å². The van der Waals surface area contributed by atoms with E-state index in [0.717, 1.165) is 6.42 Å². The number of amides is 2. The maximum Gasteiger partial charge on any atom is 0.225 e. The first-order valence-corrected chi connectivity index (χ1v) is 6.57. The van der Waals surface area contributed by atoms with Gasteiger partial charge in [0.05, 0.1) is 0 Å². The number of nitrogens with one attached hydrogen (secondary N) is 2. The molecule has 4 nitrogen and oxygen atoms in total. The zero-order chi connectivity index (χ0) is 14.6. The van der Waals surface area contributed by atoms with Crippen molar-refractivity contribution in [1.29, 1.82) is 0 Å². The van der Waals surface area contributed by atoms with Gasteiger partial charge in [-0.15, -0.1) is 0 Å². The van der Waals surface area contributed by atoms with Crippen molar-refractivity contribution in [3.8, 4) is 0 Å². The molecular formula is C14H28N2O2. The fourth-order valence-electron chi connectivity index (χ4n) is 1.18. The van der Waals surface area contributed by atoms with Crippen LogP contribution in [0.1, 0.15) is 54.9 Å². The molecule has 0 heterocycles. The third-order valence-electron chi connectivity index (χ3n) is 2.70. The van der Waals surface area contributed by atoms with E-state index in [4.69, 9.17) is 0 Å². The van der Waals surface area contributed by atoms with Crippen LogP contribution in [0.15, 0.2) is 0 Å². The van der Waals surface area contributed by atoms with Crippen LogP contribution in [0.5, 0.6) is 0 Å². The molecule has 4 heteroatoms. The van der Waals surface area contributed by atoms with Crippen LogP contribution in [-0.4, -0.2) is 24.4 Å². The fraction of sp³-hybridized carbons (Fsp3) is 0.857. The molecule has 0 aromatic rings. The van der Waals surface area contributed by atoms with E-state index < -0.39 is 10.8 Å². The molecule has 0 aliphatic heterocycles. The highest BCUT2D eigenvalue weighted by Crippen LogP contribution is 2.14. The van der Waals surface area contributed by atoms with Crippen LogP contribution in [0.3, 0.4) is 0 Å². The smallest absolute Gasteiger partial charge is 0.225 e. The van der Waals surface area contributed by atoms with E-state index >= 15 is 0 Å². The Morgan fingerprint density at radius 3 is 1.72 bits per heavy atom. The molecule has 2 N–H and O–H groups in total. The number of hydrogen-bond acceptors (Lipinski definition) is 2. The standard InChI is InChI=1S/C14H28N2O2/c1-8-10(16-12(18)14(5,6)7)9-15-11(17)13(2,3)4/h10H,8-9H2,1-7H3,(H,15,17)(H,16,18)/t10-/m0/s1. The lowest BCUT2D eigenvalue weighted by Gasteiger charge is -2.25. The summed E-state index contributed by atoms with van der Waals surface area (Å²) < 4.78 is 0. The number of carbonyl (C=O) groups is 2. The first-order valence-electron chi connectivity index (χ1n) is 6.57. The van der Waals surface area contributed by atoms with Crippen molar-refractivity contribution in [3.63, 3.8) is 0 Å². The summed E-state index contributed by atoms with van der Waals surface area (Å²) in [6, 6.07) is -0.0111. The molecule has 2 amide bonds. The van der Waals surface area contributed by atoms with Crippen molar-refractivity contribution in [3.05, 3.63) is 0 Å². The van der Waals surface area contributed by atoms with Crippen LogP contribution < -0.4 is 10.6 Å². The van der Waals surface area contributed by atoms with Gasteiger partial charge < -0.3 is 10.6 Å². The monoisotopic (exact) mass is 256 g/mol. The van der Waals surface area contributed by atoms with Gasteiger partial charge in [-0.2, -0.15) is 0 Å². The van der Waals surface area contributed by atoms with E-state index in [1.54, 1.807) is 0 Å². The van der Waals surface area contributed by atoms with Crippen LogP contribution in [-0.2, 0) is 9.59 Å². The summed E-state index contributed by atoms with van der Waals surface area (Å²) in [4.78, 5) is 23.6. The van der Waals surface area contributed by atoms with Gasteiger partial charge in [0.1, 0.15) is 0 Å². The summed E-state index contributed by atoms with van der Waals surface area (Å²) in [6.07, 6.45) is 0.798. The van der Waals surface area contributed by atoms with E-state index in [2.05, 4.69) is 10.6 Å². The largest absolute Gasteiger partial charge is 0.354 e. The third kappa shape index (κ3) is 6.03. The SMILES string of the molecule is CC[C@@H](CNC(=O)C(C)(C)C)NC(=O)C(C)(C)C. The van der Waals surface area contributed by atoms with Gasteiger partial charge in [-0.05, 0) is 6.42 Å². The predicted octanol–water partition coefficient (Wildman–Crippen LogP) is 2.09. The average Bonchev–Trinajstić information content (AvgIpc) is 2.20. The summed E-state index contributed by atoms with van der Waals surface area (Å²) in [6.45, 7) is 13.7. The molecular weight excluding hydrogens is 228 g/mol. The summed E-state index contributed by atoms with van der Waals surface area (Å²) in [5, 5.41) is 5.84. The number of rotatable bonds is 4. The Morgan fingerprint density at radius 2 is 1.39 bits per heavy atom. The highest BCUT2D eigenvalue weighted by Gasteiger charge is 2.25. The summed E-state index contributed by atoms with van der Waals surface area (Å²) in [5.74, 6) is 0.0188. The van der Waals surface area contributed by atoms with E-state index in [9.17, 15) is 9.59 Å². The summed E-state index contributed by atoms with van der Waals surface area (Å²) >= 11 is 0. The highest BCUT2D eigenvalue weighted by molar-refractivity contribution is 5.82. The molecule has 106 valence electrons. The Labute approximate surface area is 111 Å². The highest BCUT2D eigenvalue weighted by atomic mass is 16.2. The lowest BCUT2D eigenvalue weighted by Crippen LogP contribution is -2.48. The number of hydrogen-bond donors (Lipinski definition) is 2. The molecule has 0 spiro atoms. The molecule has 0 radical (unpaired) electrons. The van der Waals surface area contributed by atoms with Gasteiger partial charge in [-0.3, -0.25) is 9.59 Å². The quantitative estimate of drug-likeness (QED) is 0.809. The van der Waals surface area contributed by atoms with Gasteiger partial charge >= 0.3 is 0 Å². The van der Waals surface area contributed by atoms with Crippen molar-refractivity contribution in [2.24, 2.45) is 10.8 Å². The maximum atomic E-state index is 11.9. The van der Waals surface area contributed by atoms with Gasteiger partial charge in [0, 0.05) is 23.4 Å². The number of carbonyl (C=O) groups excluding carboxylic acids is 2. The Morgan fingerprint density at radius 1 is 0.944 bits per heavy atom. The van der Waals surface area contributed by atoms with Gasteiger partial charge in [-0.1, -0.05) is 48.5 Å². The first-order chi connectivity index (χ1) is 7.98. The first kappa shape index (κ1) is 16.9. The average molecular weight is 256 g/mol. The molecule has 0 rings (SSSR count). The third-order valence-corrected chi connectivity index (χ3v) is 2.70. The Bertz CT molecular complexity index is 298. The van der Waals surface area contributed by atoms with Crippen LogP contribution in [0, 0.1) is 10.8 Å². The van der Waals surface area contributed by atoms with Gasteiger partial charge in [-0.25, -0.2) is 0 Å². The Balaban J connectivity index is 4.30. The minimum absolute atomic E-state index is 0.00552. The van der Waals surface area contributed by atoms with Crippen molar-refractivity contribution >= 4 is 11.8 Å². The van der Waals surface area contributed by atoms with E-state index in [1.807, 2.05) is 48.5 Å². The molecule has 0 bridgehead atoms. The second kappa shape index (κ2) is 6.21. The molecule has 1 atom stereocenters. The van der Waals surface area contributed by atoms with Crippen molar-refractivity contribution in [1.82, 2.24) is 10.6 Å². The molecule has 0 unspecified atom stereocenters. The minimum Gasteiger partial charge on any atom is -0.354 e. The topological polar surface area (TPSA) is 58.2 Å². The second-order valence-corrected chi connectivity index (χ2v) is 6.79. The molecule has 0 saturated heterocycles. The summed E-state index contributed by atoms with van der Waals surface area (Å²) in [7, 11) is 0. The van der Waals surface area contributed by atoms with Crippen molar-refractivity contribution < 1.29 is 9.59 Å². The molecule has 0 aromatic heterocycles. The lowest BCUT2D eigenvalue weighted by atomic mass is 9.94. The Kier molecular flexibility index (Phi) is 5.84. The molecule has 0 saturated carbocycles. The zero-order valence-corrected chi connectivity index (χ0v) is 12.8. The molecule has 0 fully saturated rings.